The lowest BCUT2D eigenvalue weighted by molar-refractivity contribution is -0.157. The van der Waals surface area contributed by atoms with Crippen LogP contribution in [-0.2, 0) is 9.53 Å². The first kappa shape index (κ1) is 22.7. The number of hydrogen-bond acceptors (Lipinski definition) is 3. The van der Waals surface area contributed by atoms with Crippen molar-refractivity contribution in [3.63, 3.8) is 0 Å². The van der Waals surface area contributed by atoms with E-state index >= 15 is 0 Å². The fraction of sp³-hybridized carbons (Fsp3) is 0.478. The van der Waals surface area contributed by atoms with Crippen LogP contribution in [0.1, 0.15) is 70.2 Å². The van der Waals surface area contributed by atoms with Crippen LogP contribution in [0.5, 0.6) is 0 Å². The molecule has 0 aliphatic rings. The van der Waals surface area contributed by atoms with Crippen molar-refractivity contribution in [1.82, 2.24) is 5.32 Å². The largest absolute Gasteiger partial charge is 0.458 e. The minimum Gasteiger partial charge on any atom is -0.458 e. The first-order valence-electron chi connectivity index (χ1n) is 9.48. The lowest BCUT2D eigenvalue weighted by atomic mass is 10.0. The molecule has 4 nitrogen and oxygen atoms in total. The van der Waals surface area contributed by atoms with E-state index in [-0.39, 0.29) is 5.91 Å². The molecule has 1 rings (SSSR count). The number of benzene rings is 1. The Morgan fingerprint density at radius 1 is 1.07 bits per heavy atom. The summed E-state index contributed by atoms with van der Waals surface area (Å²) in [6.45, 7) is 15.5. The Morgan fingerprint density at radius 3 is 2.26 bits per heavy atom. The minimum atomic E-state index is -0.699. The van der Waals surface area contributed by atoms with Crippen LogP contribution in [0, 0.1) is 0 Å². The molecule has 0 bridgehead atoms. The summed E-state index contributed by atoms with van der Waals surface area (Å²) >= 11 is 0. The normalized spacial score (nSPS) is 12.1. The second-order valence-electron chi connectivity index (χ2n) is 8.02. The Kier molecular flexibility index (Phi) is 8.99. The maximum absolute atomic E-state index is 12.6. The number of rotatable bonds is 10. The number of esters is 1. The van der Waals surface area contributed by atoms with Crippen LogP contribution < -0.4 is 5.32 Å². The van der Waals surface area contributed by atoms with E-state index in [1.54, 1.807) is 24.3 Å². The molecule has 1 aromatic rings. The summed E-state index contributed by atoms with van der Waals surface area (Å²) in [5, 5.41) is 2.82. The van der Waals surface area contributed by atoms with Gasteiger partial charge in [0.15, 0.2) is 0 Å². The number of nitrogens with one attached hydrogen (secondary N) is 1. The number of carbonyl (C=O) groups excluding carboxylic acids is 2. The molecule has 0 spiro atoms. The number of amides is 1. The number of carbonyl (C=O) groups is 2. The quantitative estimate of drug-likeness (QED) is 0.454. The van der Waals surface area contributed by atoms with Gasteiger partial charge in [0.1, 0.15) is 11.6 Å². The molecule has 0 saturated heterocycles. The van der Waals surface area contributed by atoms with Crippen molar-refractivity contribution in [2.45, 2.75) is 71.4 Å². The summed E-state index contributed by atoms with van der Waals surface area (Å²) in [6.07, 6.45) is 4.00. The van der Waals surface area contributed by atoms with Crippen LogP contribution in [0.25, 0.3) is 0 Å². The van der Waals surface area contributed by atoms with Crippen molar-refractivity contribution in [2.75, 3.05) is 0 Å². The zero-order valence-corrected chi connectivity index (χ0v) is 17.1. The molecular formula is C23H33NO3. The second kappa shape index (κ2) is 10.7. The summed E-state index contributed by atoms with van der Waals surface area (Å²) in [6, 6.07) is 8.17. The summed E-state index contributed by atoms with van der Waals surface area (Å²) in [4.78, 5) is 25.0. The molecular weight excluding hydrogens is 338 g/mol. The molecule has 1 amide bonds. The van der Waals surface area contributed by atoms with Gasteiger partial charge in [0, 0.05) is 5.56 Å². The van der Waals surface area contributed by atoms with E-state index in [9.17, 15) is 9.59 Å². The molecule has 27 heavy (non-hydrogen) atoms. The molecule has 4 heteroatoms. The lowest BCUT2D eigenvalue weighted by Gasteiger charge is -2.25. The van der Waals surface area contributed by atoms with Gasteiger partial charge < -0.3 is 10.1 Å². The van der Waals surface area contributed by atoms with Gasteiger partial charge in [0.05, 0.1) is 0 Å². The summed E-state index contributed by atoms with van der Waals surface area (Å²) in [5.74, 6) is -0.694. The number of hydrogen-bond donors (Lipinski definition) is 1. The van der Waals surface area contributed by atoms with E-state index in [1.165, 1.54) is 0 Å². The zero-order valence-electron chi connectivity index (χ0n) is 17.1. The third-order valence-electron chi connectivity index (χ3n) is 3.95. The van der Waals surface area contributed by atoms with Crippen molar-refractivity contribution < 1.29 is 14.3 Å². The van der Waals surface area contributed by atoms with Crippen molar-refractivity contribution >= 4 is 11.9 Å². The van der Waals surface area contributed by atoms with Gasteiger partial charge in [-0.2, -0.15) is 0 Å². The van der Waals surface area contributed by atoms with Gasteiger partial charge in [-0.1, -0.05) is 35.9 Å². The highest BCUT2D eigenvalue weighted by Crippen LogP contribution is 2.17. The van der Waals surface area contributed by atoms with E-state index < -0.39 is 17.6 Å². The van der Waals surface area contributed by atoms with Gasteiger partial charge in [0.25, 0.3) is 5.91 Å². The molecule has 0 heterocycles. The predicted molar refractivity (Wildman–Crippen MR) is 111 cm³/mol. The highest BCUT2D eigenvalue weighted by Gasteiger charge is 2.26. The molecule has 0 aliphatic heterocycles. The third kappa shape index (κ3) is 9.78. The van der Waals surface area contributed by atoms with E-state index in [0.717, 1.165) is 30.4 Å². The van der Waals surface area contributed by atoms with Crippen LogP contribution in [0.2, 0.25) is 0 Å². The van der Waals surface area contributed by atoms with Crippen LogP contribution in [0.4, 0.5) is 0 Å². The summed E-state index contributed by atoms with van der Waals surface area (Å²) < 4.78 is 5.49. The van der Waals surface area contributed by atoms with Crippen molar-refractivity contribution in [1.29, 1.82) is 0 Å². The second-order valence-corrected chi connectivity index (χ2v) is 8.02. The topological polar surface area (TPSA) is 55.4 Å². The minimum absolute atomic E-state index is 0.278. The average molecular weight is 372 g/mol. The van der Waals surface area contributed by atoms with Crippen molar-refractivity contribution in [3.05, 3.63) is 60.2 Å². The SMILES string of the molecule is C=C(C)CCCC(=C)CC[C@H](NC(=O)c1ccccc1)C(=O)OC(C)(C)C. The highest BCUT2D eigenvalue weighted by atomic mass is 16.6. The van der Waals surface area contributed by atoms with Gasteiger partial charge in [-0.25, -0.2) is 4.79 Å². The van der Waals surface area contributed by atoms with Crippen LogP contribution in [0.15, 0.2) is 54.6 Å². The lowest BCUT2D eigenvalue weighted by Crippen LogP contribution is -2.44. The maximum Gasteiger partial charge on any atom is 0.329 e. The molecule has 1 N–H and O–H groups in total. The van der Waals surface area contributed by atoms with Crippen molar-refractivity contribution in [3.8, 4) is 0 Å². The predicted octanol–water partition coefficient (Wildman–Crippen LogP) is 5.21. The average Bonchev–Trinajstić information content (AvgIpc) is 2.57. The van der Waals surface area contributed by atoms with Crippen LogP contribution in [-0.4, -0.2) is 23.5 Å². The Morgan fingerprint density at radius 2 is 1.70 bits per heavy atom. The van der Waals surface area contributed by atoms with Gasteiger partial charge in [0.2, 0.25) is 0 Å². The Bertz CT molecular complexity index is 656. The Hall–Kier alpha value is -2.36. The molecule has 0 radical (unpaired) electrons. The molecule has 0 unspecified atom stereocenters. The van der Waals surface area contributed by atoms with Gasteiger partial charge in [-0.3, -0.25) is 4.79 Å². The fourth-order valence-electron chi connectivity index (χ4n) is 2.57. The van der Waals surface area contributed by atoms with Crippen LogP contribution in [0.3, 0.4) is 0 Å². The van der Waals surface area contributed by atoms with E-state index in [2.05, 4.69) is 18.5 Å². The third-order valence-corrected chi connectivity index (χ3v) is 3.95. The van der Waals surface area contributed by atoms with E-state index in [1.807, 2.05) is 33.8 Å². The fourth-order valence-corrected chi connectivity index (χ4v) is 2.57. The summed E-state index contributed by atoms with van der Waals surface area (Å²) in [7, 11) is 0. The maximum atomic E-state index is 12.6. The van der Waals surface area contributed by atoms with Crippen LogP contribution >= 0.6 is 0 Å². The van der Waals surface area contributed by atoms with E-state index in [4.69, 9.17) is 4.74 Å². The Balaban J connectivity index is 2.70. The zero-order chi connectivity index (χ0) is 20.4. The van der Waals surface area contributed by atoms with Gasteiger partial charge in [-0.05, 0) is 71.9 Å². The number of ether oxygens (including phenoxy) is 1. The van der Waals surface area contributed by atoms with E-state index in [0.29, 0.717) is 18.4 Å². The smallest absolute Gasteiger partial charge is 0.329 e. The Labute approximate surface area is 163 Å². The molecule has 1 aromatic carbocycles. The highest BCUT2D eigenvalue weighted by molar-refractivity contribution is 5.96. The molecule has 0 aliphatic carbocycles. The molecule has 0 aromatic heterocycles. The molecule has 148 valence electrons. The molecule has 0 saturated carbocycles. The standard InChI is InChI=1S/C23H33NO3/c1-17(2)11-10-12-18(3)15-16-20(22(26)27-23(4,5)6)24-21(25)19-13-8-7-9-14-19/h7-9,13-14,20H,1,3,10-12,15-16H2,2,4-6H3,(H,24,25)/t20-/m0/s1. The first-order chi connectivity index (χ1) is 12.6. The monoisotopic (exact) mass is 371 g/mol. The molecule has 1 atom stereocenters. The van der Waals surface area contributed by atoms with Gasteiger partial charge >= 0.3 is 5.97 Å². The molecule has 0 fully saturated rings. The van der Waals surface area contributed by atoms with Crippen molar-refractivity contribution in [2.24, 2.45) is 0 Å². The van der Waals surface area contributed by atoms with Gasteiger partial charge in [-0.15, -0.1) is 6.58 Å². The summed E-state index contributed by atoms with van der Waals surface area (Å²) in [5.41, 5.74) is 2.14. The number of allylic oxidation sites excluding steroid dienone is 2. The first-order valence-corrected chi connectivity index (χ1v) is 9.48.